The molecule has 1 aromatic rings. The van der Waals surface area contributed by atoms with Crippen LogP contribution in [0.3, 0.4) is 0 Å². The van der Waals surface area contributed by atoms with Crippen LogP contribution in [0.4, 0.5) is 0 Å². The van der Waals surface area contributed by atoms with Crippen LogP contribution in [0.1, 0.15) is 38.2 Å². The maximum absolute atomic E-state index is 11.6. The van der Waals surface area contributed by atoms with Gasteiger partial charge < -0.3 is 15.0 Å². The number of amides is 1. The molecule has 6 nitrogen and oxygen atoms in total. The zero-order valence-corrected chi connectivity index (χ0v) is 12.5. The van der Waals surface area contributed by atoms with Crippen LogP contribution in [0, 0.1) is 6.92 Å². The zero-order chi connectivity index (χ0) is 15.8. The van der Waals surface area contributed by atoms with Crippen LogP contribution in [0.5, 0.6) is 0 Å². The van der Waals surface area contributed by atoms with Crippen molar-refractivity contribution in [2.45, 2.75) is 52.1 Å². The molecule has 0 bridgehead atoms. The molecular formula is C15H22N2O4. The van der Waals surface area contributed by atoms with Gasteiger partial charge in [-0.15, -0.1) is 0 Å². The Balaban J connectivity index is 2.34. The van der Waals surface area contributed by atoms with Gasteiger partial charge >= 0.3 is 5.97 Å². The van der Waals surface area contributed by atoms with E-state index in [-0.39, 0.29) is 17.9 Å². The first kappa shape index (κ1) is 16.9. The molecule has 0 aliphatic carbocycles. The van der Waals surface area contributed by atoms with E-state index < -0.39 is 12.0 Å². The van der Waals surface area contributed by atoms with Crippen molar-refractivity contribution in [3.05, 3.63) is 34.2 Å². The van der Waals surface area contributed by atoms with E-state index in [0.717, 1.165) is 5.56 Å². The highest BCUT2D eigenvalue weighted by molar-refractivity contribution is 5.83. The average molecular weight is 294 g/mol. The predicted molar refractivity (Wildman–Crippen MR) is 79.1 cm³/mol. The fraction of sp³-hybridized carbons (Fsp3) is 0.533. The Morgan fingerprint density at radius 2 is 2.05 bits per heavy atom. The van der Waals surface area contributed by atoms with Gasteiger partial charge in [-0.25, -0.2) is 4.79 Å². The monoisotopic (exact) mass is 294 g/mol. The maximum Gasteiger partial charge on any atom is 0.326 e. The van der Waals surface area contributed by atoms with E-state index in [1.807, 2.05) is 6.92 Å². The maximum atomic E-state index is 11.6. The Bertz CT molecular complexity index is 551. The Morgan fingerprint density at radius 3 is 2.67 bits per heavy atom. The van der Waals surface area contributed by atoms with Crippen LogP contribution >= 0.6 is 0 Å². The lowest BCUT2D eigenvalue weighted by Gasteiger charge is -2.12. The van der Waals surface area contributed by atoms with Crippen molar-refractivity contribution in [3.63, 3.8) is 0 Å². The average Bonchev–Trinajstić information content (AvgIpc) is 2.44. The van der Waals surface area contributed by atoms with E-state index >= 15 is 0 Å². The molecule has 6 heteroatoms. The van der Waals surface area contributed by atoms with Crippen molar-refractivity contribution < 1.29 is 14.7 Å². The van der Waals surface area contributed by atoms with E-state index in [0.29, 0.717) is 25.8 Å². The molecule has 0 aliphatic heterocycles. The van der Waals surface area contributed by atoms with Crippen molar-refractivity contribution in [2.75, 3.05) is 0 Å². The summed E-state index contributed by atoms with van der Waals surface area (Å²) in [4.78, 5) is 34.0. The Kier molecular flexibility index (Phi) is 6.65. The van der Waals surface area contributed by atoms with Gasteiger partial charge in [0.25, 0.3) is 5.56 Å². The number of aromatic nitrogens is 1. The second-order valence-electron chi connectivity index (χ2n) is 5.06. The normalized spacial score (nSPS) is 11.9. The highest BCUT2D eigenvalue weighted by atomic mass is 16.4. The van der Waals surface area contributed by atoms with Gasteiger partial charge in [-0.1, -0.05) is 13.0 Å². The molecule has 1 unspecified atom stereocenters. The predicted octanol–water partition coefficient (Wildman–Crippen LogP) is 1.31. The highest BCUT2D eigenvalue weighted by Gasteiger charge is 2.16. The minimum atomic E-state index is -1.02. The molecule has 1 atom stereocenters. The zero-order valence-electron chi connectivity index (χ0n) is 12.5. The van der Waals surface area contributed by atoms with E-state index in [9.17, 15) is 14.4 Å². The summed E-state index contributed by atoms with van der Waals surface area (Å²) in [7, 11) is 0. The van der Waals surface area contributed by atoms with Crippen LogP contribution in [0.15, 0.2) is 23.1 Å². The molecule has 1 heterocycles. The van der Waals surface area contributed by atoms with Crippen LogP contribution in [0.2, 0.25) is 0 Å². The van der Waals surface area contributed by atoms with Crippen LogP contribution < -0.4 is 10.9 Å². The fourth-order valence-electron chi connectivity index (χ4n) is 2.00. The number of pyridine rings is 1. The highest BCUT2D eigenvalue weighted by Crippen LogP contribution is 2.01. The van der Waals surface area contributed by atoms with Crippen LogP contribution in [0.25, 0.3) is 0 Å². The number of unbranched alkanes of at least 4 members (excludes halogenated alkanes) is 1. The van der Waals surface area contributed by atoms with Gasteiger partial charge in [0.15, 0.2) is 0 Å². The summed E-state index contributed by atoms with van der Waals surface area (Å²) in [5.41, 5.74) is 0.960. The molecule has 1 amide bonds. The van der Waals surface area contributed by atoms with Gasteiger partial charge in [0.2, 0.25) is 5.91 Å². The smallest absolute Gasteiger partial charge is 0.326 e. The second-order valence-corrected chi connectivity index (χ2v) is 5.06. The molecule has 0 fully saturated rings. The minimum absolute atomic E-state index is 0.0537. The molecule has 0 aliphatic rings. The lowest BCUT2D eigenvalue weighted by Crippen LogP contribution is -2.40. The van der Waals surface area contributed by atoms with Crippen LogP contribution in [-0.2, 0) is 16.1 Å². The van der Waals surface area contributed by atoms with Gasteiger partial charge in [0.1, 0.15) is 6.04 Å². The lowest BCUT2D eigenvalue weighted by atomic mass is 10.2. The molecule has 21 heavy (non-hydrogen) atoms. The SMILES string of the molecule is CCC(NC(=O)CCCCn1cc(C)ccc1=O)C(=O)O. The number of aliphatic carboxylic acids is 1. The molecule has 0 aromatic carbocycles. The van der Waals surface area contributed by atoms with Gasteiger partial charge in [-0.3, -0.25) is 9.59 Å². The molecule has 0 radical (unpaired) electrons. The topological polar surface area (TPSA) is 88.4 Å². The number of carboxylic acids is 1. The number of carbonyl (C=O) groups is 2. The fourth-order valence-corrected chi connectivity index (χ4v) is 2.00. The summed E-state index contributed by atoms with van der Waals surface area (Å²) < 4.78 is 1.62. The standard InChI is InChI=1S/C15H22N2O4/c1-3-12(15(20)21)16-13(18)6-4-5-9-17-10-11(2)7-8-14(17)19/h7-8,10,12H,3-6,9H2,1-2H3,(H,16,18)(H,20,21). The van der Waals surface area contributed by atoms with Crippen molar-refractivity contribution in [3.8, 4) is 0 Å². The number of carboxylic acid groups (broad SMARTS) is 1. The third-order valence-corrected chi connectivity index (χ3v) is 3.23. The molecule has 0 saturated carbocycles. The quantitative estimate of drug-likeness (QED) is 0.707. The van der Waals surface area contributed by atoms with Gasteiger partial charge in [0, 0.05) is 25.2 Å². The first-order chi connectivity index (χ1) is 9.93. The van der Waals surface area contributed by atoms with Crippen LogP contribution in [-0.4, -0.2) is 27.6 Å². The van der Waals surface area contributed by atoms with Crippen molar-refractivity contribution in [1.29, 1.82) is 0 Å². The number of hydrogen-bond donors (Lipinski definition) is 2. The molecule has 0 saturated heterocycles. The molecule has 0 spiro atoms. The first-order valence-corrected chi connectivity index (χ1v) is 7.13. The van der Waals surface area contributed by atoms with Gasteiger partial charge in [-0.05, 0) is 31.7 Å². The molecule has 2 N–H and O–H groups in total. The summed E-state index contributed by atoms with van der Waals surface area (Å²) in [6.45, 7) is 4.19. The summed E-state index contributed by atoms with van der Waals surface area (Å²) in [5, 5.41) is 11.3. The molecule has 1 rings (SSSR count). The summed E-state index contributed by atoms with van der Waals surface area (Å²) >= 11 is 0. The number of carbonyl (C=O) groups excluding carboxylic acids is 1. The Morgan fingerprint density at radius 1 is 1.33 bits per heavy atom. The van der Waals surface area contributed by atoms with E-state index in [1.165, 1.54) is 6.07 Å². The second kappa shape index (κ2) is 8.24. The third kappa shape index (κ3) is 5.81. The number of nitrogens with zero attached hydrogens (tertiary/aromatic N) is 1. The van der Waals surface area contributed by atoms with Gasteiger partial charge in [0.05, 0.1) is 0 Å². The van der Waals surface area contributed by atoms with E-state index in [4.69, 9.17) is 5.11 Å². The van der Waals surface area contributed by atoms with Gasteiger partial charge in [-0.2, -0.15) is 0 Å². The number of hydrogen-bond acceptors (Lipinski definition) is 3. The number of nitrogens with one attached hydrogen (secondary N) is 1. The molecular weight excluding hydrogens is 272 g/mol. The van der Waals surface area contributed by atoms with E-state index in [2.05, 4.69) is 5.32 Å². The van der Waals surface area contributed by atoms with Crippen molar-refractivity contribution in [1.82, 2.24) is 9.88 Å². The third-order valence-electron chi connectivity index (χ3n) is 3.23. The van der Waals surface area contributed by atoms with Crippen molar-refractivity contribution in [2.24, 2.45) is 0 Å². The largest absolute Gasteiger partial charge is 0.480 e. The van der Waals surface area contributed by atoms with E-state index in [1.54, 1.807) is 23.8 Å². The number of rotatable bonds is 8. The lowest BCUT2D eigenvalue weighted by molar-refractivity contribution is -0.141. The Hall–Kier alpha value is -2.11. The Labute approximate surface area is 123 Å². The summed E-state index contributed by atoms with van der Waals surface area (Å²) in [6, 6.07) is 2.47. The number of aryl methyl sites for hydroxylation is 2. The molecule has 1 aromatic heterocycles. The minimum Gasteiger partial charge on any atom is -0.480 e. The first-order valence-electron chi connectivity index (χ1n) is 7.13. The van der Waals surface area contributed by atoms with Crippen molar-refractivity contribution >= 4 is 11.9 Å². The summed E-state index contributed by atoms with van der Waals surface area (Å²) in [5.74, 6) is -1.28. The summed E-state index contributed by atoms with van der Waals surface area (Å²) in [6.07, 6.45) is 3.73. The molecule has 116 valence electrons.